The first-order chi connectivity index (χ1) is 8.13. The second kappa shape index (κ2) is 6.49. The maximum Gasteiger partial charge on any atom is 0.251 e. The first kappa shape index (κ1) is 13.8. The smallest absolute Gasteiger partial charge is 0.251 e. The van der Waals surface area contributed by atoms with Gasteiger partial charge >= 0.3 is 0 Å². The number of ether oxygens (including phenoxy) is 2. The van der Waals surface area contributed by atoms with Crippen LogP contribution in [-0.2, 0) is 0 Å². The highest BCUT2D eigenvalue weighted by molar-refractivity contribution is 9.10. The van der Waals surface area contributed by atoms with Gasteiger partial charge < -0.3 is 14.8 Å². The van der Waals surface area contributed by atoms with Gasteiger partial charge in [0.1, 0.15) is 0 Å². The number of methoxy groups -OCH3 is 1. The van der Waals surface area contributed by atoms with Gasteiger partial charge in [-0.15, -0.1) is 0 Å². The molecule has 0 saturated carbocycles. The molecule has 1 amide bonds. The molecule has 0 heterocycles. The van der Waals surface area contributed by atoms with Gasteiger partial charge in [0.15, 0.2) is 11.5 Å². The quantitative estimate of drug-likeness (QED) is 0.909. The Morgan fingerprint density at radius 3 is 2.65 bits per heavy atom. The van der Waals surface area contributed by atoms with E-state index in [2.05, 4.69) is 21.2 Å². The maximum atomic E-state index is 11.7. The van der Waals surface area contributed by atoms with Crippen LogP contribution in [0.5, 0.6) is 11.5 Å². The lowest BCUT2D eigenvalue weighted by Crippen LogP contribution is -2.22. The molecule has 0 aliphatic carbocycles. The Kier molecular flexibility index (Phi) is 5.28. The highest BCUT2D eigenvalue weighted by atomic mass is 79.9. The molecule has 0 bridgehead atoms. The van der Waals surface area contributed by atoms with Crippen molar-refractivity contribution in [2.24, 2.45) is 0 Å². The van der Waals surface area contributed by atoms with Crippen LogP contribution in [-0.4, -0.2) is 26.2 Å². The fraction of sp³-hybridized carbons (Fsp3) is 0.417. The summed E-state index contributed by atoms with van der Waals surface area (Å²) in [5.74, 6) is 1.03. The molecular formula is C12H16BrNO3. The average molecular weight is 302 g/mol. The van der Waals surface area contributed by atoms with Gasteiger partial charge in [0.2, 0.25) is 0 Å². The highest BCUT2D eigenvalue weighted by Gasteiger charge is 2.14. The Bertz CT molecular complexity index is 407. The van der Waals surface area contributed by atoms with Gasteiger partial charge in [0.25, 0.3) is 5.91 Å². The summed E-state index contributed by atoms with van der Waals surface area (Å²) in [6.45, 7) is 4.89. The minimum absolute atomic E-state index is 0.130. The lowest BCUT2D eigenvalue weighted by atomic mass is 10.2. The summed E-state index contributed by atoms with van der Waals surface area (Å²) in [5.41, 5.74) is 0.541. The number of carbonyl (C=O) groups is 1. The van der Waals surface area contributed by atoms with Gasteiger partial charge in [-0.25, -0.2) is 0 Å². The number of amides is 1. The van der Waals surface area contributed by atoms with E-state index in [1.807, 2.05) is 13.8 Å². The minimum Gasteiger partial charge on any atom is -0.493 e. The van der Waals surface area contributed by atoms with Crippen LogP contribution in [0.3, 0.4) is 0 Å². The molecule has 1 aromatic rings. The molecule has 4 nitrogen and oxygen atoms in total. The summed E-state index contributed by atoms with van der Waals surface area (Å²) in [6, 6.07) is 3.39. The van der Waals surface area contributed by atoms with Crippen LogP contribution in [0.2, 0.25) is 0 Å². The molecule has 0 saturated heterocycles. The lowest BCUT2D eigenvalue weighted by molar-refractivity contribution is 0.0955. The number of nitrogens with one attached hydrogen (secondary N) is 1. The van der Waals surface area contributed by atoms with Crippen LogP contribution >= 0.6 is 15.9 Å². The Hall–Kier alpha value is -1.23. The first-order valence-electron chi connectivity index (χ1n) is 5.42. The second-order valence-corrected chi connectivity index (χ2v) is 4.14. The zero-order valence-electron chi connectivity index (χ0n) is 10.2. The van der Waals surface area contributed by atoms with Crippen LogP contribution in [0, 0.1) is 0 Å². The van der Waals surface area contributed by atoms with E-state index in [0.717, 1.165) is 0 Å². The zero-order valence-corrected chi connectivity index (χ0v) is 11.8. The van der Waals surface area contributed by atoms with Gasteiger partial charge in [-0.1, -0.05) is 0 Å². The van der Waals surface area contributed by atoms with Crippen molar-refractivity contribution in [3.05, 3.63) is 22.2 Å². The molecule has 0 spiro atoms. The van der Waals surface area contributed by atoms with Crippen LogP contribution in [0.15, 0.2) is 16.6 Å². The summed E-state index contributed by atoms with van der Waals surface area (Å²) < 4.78 is 11.4. The summed E-state index contributed by atoms with van der Waals surface area (Å²) in [6.07, 6.45) is 0. The summed E-state index contributed by atoms with van der Waals surface area (Å²) in [7, 11) is 1.55. The third-order valence-corrected chi connectivity index (χ3v) is 2.71. The Labute approximate surface area is 109 Å². The molecule has 0 unspecified atom stereocenters. The molecule has 0 atom stereocenters. The number of rotatable bonds is 5. The topological polar surface area (TPSA) is 47.6 Å². The number of hydrogen-bond acceptors (Lipinski definition) is 3. The van der Waals surface area contributed by atoms with E-state index in [4.69, 9.17) is 9.47 Å². The number of halogens is 1. The standard InChI is InChI=1S/C12H16BrNO3/c1-4-14-12(15)8-6-9(13)11(17-5-2)10(7-8)16-3/h6-7H,4-5H2,1-3H3,(H,14,15). The van der Waals surface area contributed by atoms with Gasteiger partial charge in [-0.05, 0) is 41.9 Å². The van der Waals surface area contributed by atoms with Gasteiger partial charge in [-0.3, -0.25) is 4.79 Å². The normalized spacial score (nSPS) is 9.88. The van der Waals surface area contributed by atoms with E-state index < -0.39 is 0 Å². The Morgan fingerprint density at radius 1 is 1.41 bits per heavy atom. The molecule has 0 aromatic heterocycles. The number of carbonyl (C=O) groups excluding carboxylic acids is 1. The van der Waals surface area contributed by atoms with Crippen molar-refractivity contribution in [1.29, 1.82) is 0 Å². The van der Waals surface area contributed by atoms with E-state index in [1.165, 1.54) is 0 Å². The van der Waals surface area contributed by atoms with E-state index in [0.29, 0.717) is 34.7 Å². The monoisotopic (exact) mass is 301 g/mol. The van der Waals surface area contributed by atoms with Crippen molar-refractivity contribution in [3.63, 3.8) is 0 Å². The van der Waals surface area contributed by atoms with E-state index in [9.17, 15) is 4.79 Å². The fourth-order valence-corrected chi connectivity index (χ4v) is 1.95. The predicted molar refractivity (Wildman–Crippen MR) is 69.9 cm³/mol. The van der Waals surface area contributed by atoms with Gasteiger partial charge in [0.05, 0.1) is 18.2 Å². The lowest BCUT2D eigenvalue weighted by Gasteiger charge is -2.13. The minimum atomic E-state index is -0.130. The SMILES string of the molecule is CCNC(=O)c1cc(Br)c(OCC)c(OC)c1. The van der Waals surface area contributed by atoms with Crippen molar-refractivity contribution in [2.45, 2.75) is 13.8 Å². The number of hydrogen-bond donors (Lipinski definition) is 1. The summed E-state index contributed by atoms with van der Waals surface area (Å²) in [5, 5.41) is 2.74. The van der Waals surface area contributed by atoms with Crippen LogP contribution in [0.4, 0.5) is 0 Å². The molecule has 0 aliphatic heterocycles. The fourth-order valence-electron chi connectivity index (χ4n) is 1.40. The van der Waals surface area contributed by atoms with Crippen molar-refractivity contribution in [3.8, 4) is 11.5 Å². The molecule has 5 heteroatoms. The summed E-state index contributed by atoms with van der Waals surface area (Å²) in [4.78, 5) is 11.7. The molecule has 0 fully saturated rings. The van der Waals surface area contributed by atoms with E-state index in [1.54, 1.807) is 19.2 Å². The van der Waals surface area contributed by atoms with Crippen LogP contribution < -0.4 is 14.8 Å². The average Bonchev–Trinajstić information content (AvgIpc) is 2.31. The Morgan fingerprint density at radius 2 is 2.12 bits per heavy atom. The van der Waals surface area contributed by atoms with Gasteiger partial charge in [0, 0.05) is 12.1 Å². The highest BCUT2D eigenvalue weighted by Crippen LogP contribution is 2.36. The van der Waals surface area contributed by atoms with Crippen molar-refractivity contribution in [2.75, 3.05) is 20.3 Å². The predicted octanol–water partition coefficient (Wildman–Crippen LogP) is 2.61. The third-order valence-electron chi connectivity index (χ3n) is 2.12. The number of benzene rings is 1. The molecule has 17 heavy (non-hydrogen) atoms. The molecule has 1 N–H and O–H groups in total. The molecule has 0 aliphatic rings. The van der Waals surface area contributed by atoms with Crippen LogP contribution in [0.1, 0.15) is 24.2 Å². The second-order valence-electron chi connectivity index (χ2n) is 3.28. The molecule has 0 radical (unpaired) electrons. The zero-order chi connectivity index (χ0) is 12.8. The largest absolute Gasteiger partial charge is 0.493 e. The van der Waals surface area contributed by atoms with Crippen molar-refractivity contribution < 1.29 is 14.3 Å². The first-order valence-corrected chi connectivity index (χ1v) is 6.21. The molecule has 1 aromatic carbocycles. The maximum absolute atomic E-state index is 11.7. The summed E-state index contributed by atoms with van der Waals surface area (Å²) >= 11 is 3.37. The Balaban J connectivity index is 3.12. The molecule has 1 rings (SSSR count). The van der Waals surface area contributed by atoms with E-state index >= 15 is 0 Å². The van der Waals surface area contributed by atoms with Crippen LogP contribution in [0.25, 0.3) is 0 Å². The molecule has 94 valence electrons. The van der Waals surface area contributed by atoms with Crippen molar-refractivity contribution >= 4 is 21.8 Å². The van der Waals surface area contributed by atoms with Crippen molar-refractivity contribution in [1.82, 2.24) is 5.32 Å². The molecular weight excluding hydrogens is 286 g/mol. The third kappa shape index (κ3) is 3.36. The van der Waals surface area contributed by atoms with Gasteiger partial charge in [-0.2, -0.15) is 0 Å². The van der Waals surface area contributed by atoms with E-state index in [-0.39, 0.29) is 5.91 Å².